The van der Waals surface area contributed by atoms with E-state index in [0.717, 1.165) is 16.6 Å². The Kier molecular flexibility index (Phi) is 5.11. The third-order valence-electron chi connectivity index (χ3n) is 3.09. The summed E-state index contributed by atoms with van der Waals surface area (Å²) < 4.78 is 14.7. The zero-order valence-electron chi connectivity index (χ0n) is 10.9. The van der Waals surface area contributed by atoms with Gasteiger partial charge in [0.1, 0.15) is 5.82 Å². The van der Waals surface area contributed by atoms with Crippen molar-refractivity contribution in [3.05, 3.63) is 69.9 Å². The maximum Gasteiger partial charge on any atom is 0.127 e. The maximum atomic E-state index is 13.9. The van der Waals surface area contributed by atoms with Crippen LogP contribution in [0, 0.1) is 5.82 Å². The van der Waals surface area contributed by atoms with E-state index in [1.54, 1.807) is 0 Å². The van der Waals surface area contributed by atoms with Crippen molar-refractivity contribution in [3.63, 3.8) is 0 Å². The van der Waals surface area contributed by atoms with E-state index in [1.807, 2.05) is 30.3 Å². The Morgan fingerprint density at radius 2 is 1.89 bits per heavy atom. The second-order valence-electron chi connectivity index (χ2n) is 4.46. The van der Waals surface area contributed by atoms with Gasteiger partial charge in [0, 0.05) is 10.5 Å². The van der Waals surface area contributed by atoms with Crippen molar-refractivity contribution < 1.29 is 4.39 Å². The van der Waals surface area contributed by atoms with Crippen molar-refractivity contribution in [1.29, 1.82) is 0 Å². The van der Waals surface area contributed by atoms with Crippen LogP contribution in [0.4, 0.5) is 4.39 Å². The Hall–Kier alpha value is -1.19. The van der Waals surface area contributed by atoms with Gasteiger partial charge < -0.3 is 5.32 Å². The largest absolute Gasteiger partial charge is 0.310 e. The molecule has 100 valence electrons. The summed E-state index contributed by atoms with van der Waals surface area (Å²) >= 11 is 3.28. The Labute approximate surface area is 122 Å². The third-order valence-corrected chi connectivity index (χ3v) is 3.58. The van der Waals surface area contributed by atoms with Gasteiger partial charge in [-0.2, -0.15) is 0 Å². The van der Waals surface area contributed by atoms with Crippen LogP contribution < -0.4 is 5.32 Å². The highest BCUT2D eigenvalue weighted by Crippen LogP contribution is 2.22. The van der Waals surface area contributed by atoms with Crippen LogP contribution in [0.1, 0.15) is 24.1 Å². The Morgan fingerprint density at radius 1 is 1.16 bits per heavy atom. The molecule has 3 heteroatoms. The fraction of sp³-hybridized carbons (Fsp3) is 0.250. The first-order valence-corrected chi connectivity index (χ1v) is 7.22. The Balaban J connectivity index is 2.21. The Morgan fingerprint density at radius 3 is 2.53 bits per heavy atom. The molecule has 0 spiro atoms. The molecule has 2 aromatic rings. The lowest BCUT2D eigenvalue weighted by atomic mass is 9.98. The molecule has 0 aliphatic rings. The molecule has 19 heavy (non-hydrogen) atoms. The lowest BCUT2D eigenvalue weighted by molar-refractivity contribution is 0.528. The topological polar surface area (TPSA) is 12.0 Å². The quantitative estimate of drug-likeness (QED) is 0.856. The molecule has 1 N–H and O–H groups in total. The van der Waals surface area contributed by atoms with Crippen molar-refractivity contribution in [2.24, 2.45) is 0 Å². The van der Waals surface area contributed by atoms with E-state index in [0.29, 0.717) is 6.42 Å². The normalized spacial score (nSPS) is 12.4. The third kappa shape index (κ3) is 3.88. The average Bonchev–Trinajstić information content (AvgIpc) is 2.42. The summed E-state index contributed by atoms with van der Waals surface area (Å²) in [5, 5.41) is 3.41. The van der Waals surface area contributed by atoms with Crippen LogP contribution in [0.2, 0.25) is 0 Å². The number of nitrogens with one attached hydrogen (secondary N) is 1. The van der Waals surface area contributed by atoms with Crippen molar-refractivity contribution >= 4 is 15.9 Å². The van der Waals surface area contributed by atoms with Crippen LogP contribution in [0.3, 0.4) is 0 Å². The van der Waals surface area contributed by atoms with Crippen molar-refractivity contribution in [1.82, 2.24) is 5.32 Å². The SMILES string of the molecule is CCNC(Cc1ccc(Br)cc1F)c1ccccc1. The first kappa shape index (κ1) is 14.2. The van der Waals surface area contributed by atoms with Crippen LogP contribution in [0.25, 0.3) is 0 Å². The minimum Gasteiger partial charge on any atom is -0.310 e. The van der Waals surface area contributed by atoms with Gasteiger partial charge in [-0.1, -0.05) is 59.3 Å². The van der Waals surface area contributed by atoms with E-state index in [1.165, 1.54) is 11.6 Å². The summed E-state index contributed by atoms with van der Waals surface area (Å²) in [4.78, 5) is 0. The van der Waals surface area contributed by atoms with Crippen molar-refractivity contribution in [3.8, 4) is 0 Å². The fourth-order valence-corrected chi connectivity index (χ4v) is 2.48. The minimum atomic E-state index is -0.159. The van der Waals surface area contributed by atoms with Gasteiger partial charge in [0.15, 0.2) is 0 Å². The molecular formula is C16H17BrFN. The van der Waals surface area contributed by atoms with Crippen LogP contribution in [0.5, 0.6) is 0 Å². The van der Waals surface area contributed by atoms with Gasteiger partial charge in [0.2, 0.25) is 0 Å². The fourth-order valence-electron chi connectivity index (χ4n) is 2.15. The first-order valence-electron chi connectivity index (χ1n) is 6.43. The second kappa shape index (κ2) is 6.83. The summed E-state index contributed by atoms with van der Waals surface area (Å²) in [6, 6.07) is 15.5. The molecule has 0 bridgehead atoms. The van der Waals surface area contributed by atoms with Crippen LogP contribution in [-0.2, 0) is 6.42 Å². The zero-order valence-corrected chi connectivity index (χ0v) is 12.5. The van der Waals surface area contributed by atoms with E-state index in [2.05, 4.69) is 40.3 Å². The number of rotatable bonds is 5. The van der Waals surface area contributed by atoms with E-state index >= 15 is 0 Å². The van der Waals surface area contributed by atoms with Gasteiger partial charge in [-0.25, -0.2) is 4.39 Å². The predicted molar refractivity (Wildman–Crippen MR) is 80.7 cm³/mol. The van der Waals surface area contributed by atoms with Crippen molar-refractivity contribution in [2.75, 3.05) is 6.54 Å². The molecule has 0 aromatic heterocycles. The van der Waals surface area contributed by atoms with E-state index in [-0.39, 0.29) is 11.9 Å². The van der Waals surface area contributed by atoms with E-state index in [4.69, 9.17) is 0 Å². The monoisotopic (exact) mass is 321 g/mol. The average molecular weight is 322 g/mol. The summed E-state index contributed by atoms with van der Waals surface area (Å²) in [5.41, 5.74) is 1.92. The molecule has 0 heterocycles. The molecule has 0 radical (unpaired) electrons. The molecule has 1 nitrogen and oxygen atoms in total. The predicted octanol–water partition coefficient (Wildman–Crippen LogP) is 4.48. The van der Waals surface area contributed by atoms with Crippen LogP contribution >= 0.6 is 15.9 Å². The molecule has 0 amide bonds. The maximum absolute atomic E-state index is 13.9. The Bertz CT molecular complexity index is 528. The lowest BCUT2D eigenvalue weighted by Crippen LogP contribution is -2.23. The number of likely N-dealkylation sites (N-methyl/N-ethyl adjacent to an activating group) is 1. The molecule has 2 rings (SSSR count). The summed E-state index contributed by atoms with van der Waals surface area (Å²) in [6.07, 6.45) is 0.650. The molecule has 0 saturated heterocycles. The molecule has 1 atom stereocenters. The van der Waals surface area contributed by atoms with Gasteiger partial charge in [0.25, 0.3) is 0 Å². The molecule has 0 saturated carbocycles. The van der Waals surface area contributed by atoms with E-state index < -0.39 is 0 Å². The molecule has 0 fully saturated rings. The molecule has 1 unspecified atom stereocenters. The highest BCUT2D eigenvalue weighted by molar-refractivity contribution is 9.10. The zero-order chi connectivity index (χ0) is 13.7. The van der Waals surface area contributed by atoms with Gasteiger partial charge in [-0.15, -0.1) is 0 Å². The van der Waals surface area contributed by atoms with Crippen molar-refractivity contribution in [2.45, 2.75) is 19.4 Å². The summed E-state index contributed by atoms with van der Waals surface area (Å²) in [5.74, 6) is -0.159. The summed E-state index contributed by atoms with van der Waals surface area (Å²) in [7, 11) is 0. The van der Waals surface area contributed by atoms with Gasteiger partial charge in [0.05, 0.1) is 0 Å². The van der Waals surface area contributed by atoms with Gasteiger partial charge >= 0.3 is 0 Å². The number of hydrogen-bond donors (Lipinski definition) is 1. The second-order valence-corrected chi connectivity index (χ2v) is 5.38. The minimum absolute atomic E-state index is 0.141. The van der Waals surface area contributed by atoms with Crippen LogP contribution in [-0.4, -0.2) is 6.54 Å². The van der Waals surface area contributed by atoms with Gasteiger partial charge in [-0.3, -0.25) is 0 Å². The lowest BCUT2D eigenvalue weighted by Gasteiger charge is -2.19. The number of halogens is 2. The number of hydrogen-bond acceptors (Lipinski definition) is 1. The summed E-state index contributed by atoms with van der Waals surface area (Å²) in [6.45, 7) is 2.92. The molecule has 0 aliphatic heterocycles. The van der Waals surface area contributed by atoms with Crippen LogP contribution in [0.15, 0.2) is 53.0 Å². The van der Waals surface area contributed by atoms with Gasteiger partial charge in [-0.05, 0) is 36.2 Å². The number of benzene rings is 2. The molecule has 0 aliphatic carbocycles. The van der Waals surface area contributed by atoms with E-state index in [9.17, 15) is 4.39 Å². The molecular weight excluding hydrogens is 305 g/mol. The highest BCUT2D eigenvalue weighted by Gasteiger charge is 2.13. The highest BCUT2D eigenvalue weighted by atomic mass is 79.9. The standard InChI is InChI=1S/C16H17BrFN/c1-2-19-16(12-6-4-3-5-7-12)10-13-8-9-14(17)11-15(13)18/h3-9,11,16,19H,2,10H2,1H3. The molecule has 2 aromatic carbocycles. The first-order chi connectivity index (χ1) is 9.20. The smallest absolute Gasteiger partial charge is 0.127 e.